The van der Waals surface area contributed by atoms with Crippen molar-refractivity contribution in [2.45, 2.75) is 13.3 Å². The summed E-state index contributed by atoms with van der Waals surface area (Å²) >= 11 is 0. The average Bonchev–Trinajstić information content (AvgIpc) is 2.16. The lowest BCUT2D eigenvalue weighted by Crippen LogP contribution is -2.13. The fraction of sp³-hybridized carbons (Fsp3) is 0.364. The van der Waals surface area contributed by atoms with Crippen molar-refractivity contribution in [2.24, 2.45) is 5.92 Å². The van der Waals surface area contributed by atoms with Crippen molar-refractivity contribution in [2.75, 3.05) is 6.54 Å². The summed E-state index contributed by atoms with van der Waals surface area (Å²) in [6, 6.07) is 2.01. The molecule has 0 radical (unpaired) electrons. The fourth-order valence-corrected chi connectivity index (χ4v) is 1.33. The van der Waals surface area contributed by atoms with E-state index >= 15 is 0 Å². The molecule has 2 heteroatoms. The van der Waals surface area contributed by atoms with E-state index in [1.807, 2.05) is 12.1 Å². The lowest BCUT2D eigenvalue weighted by molar-refractivity contribution is 0.772. The number of nitrogens with one attached hydrogen (secondary N) is 1. The van der Waals surface area contributed by atoms with E-state index in [9.17, 15) is 0 Å². The molecule has 2 nitrogen and oxygen atoms in total. The first-order chi connectivity index (χ1) is 6.36. The van der Waals surface area contributed by atoms with Gasteiger partial charge in [-0.15, -0.1) is 0 Å². The number of likely N-dealkylation sites (N-methyl/N-ethyl adjacent to an activating group) is 1. The summed E-state index contributed by atoms with van der Waals surface area (Å²) < 4.78 is 0. The smallest absolute Gasteiger partial charge is 0.0908 e. The van der Waals surface area contributed by atoms with Crippen LogP contribution in [0.5, 0.6) is 0 Å². The Morgan fingerprint density at radius 2 is 2.62 bits per heavy atom. The van der Waals surface area contributed by atoms with Crippen LogP contribution in [-0.2, 0) is 0 Å². The van der Waals surface area contributed by atoms with Crippen LogP contribution in [0.4, 0.5) is 0 Å². The van der Waals surface area contributed by atoms with Gasteiger partial charge < -0.3 is 5.32 Å². The summed E-state index contributed by atoms with van der Waals surface area (Å²) in [7, 11) is 0. The zero-order valence-corrected chi connectivity index (χ0v) is 7.83. The maximum Gasteiger partial charge on any atom is 0.0908 e. The van der Waals surface area contributed by atoms with Gasteiger partial charge in [-0.05, 0) is 19.4 Å². The molecule has 0 aromatic heterocycles. The zero-order valence-electron chi connectivity index (χ0n) is 7.83. The second-order valence-corrected chi connectivity index (χ2v) is 2.94. The summed E-state index contributed by atoms with van der Waals surface area (Å²) in [5.74, 6) is 0.374. The standard InChI is InChI=1S/C11H14N2/c1-2-13-11-7-3-5-10(9-11)6-4-8-12/h3-4,6-7,9-10,13H,2,5H2,1H3. The van der Waals surface area contributed by atoms with Crippen molar-refractivity contribution in [3.63, 3.8) is 0 Å². The van der Waals surface area contributed by atoms with Gasteiger partial charge in [-0.25, -0.2) is 0 Å². The van der Waals surface area contributed by atoms with Gasteiger partial charge in [-0.3, -0.25) is 0 Å². The van der Waals surface area contributed by atoms with Crippen LogP contribution in [-0.4, -0.2) is 6.54 Å². The van der Waals surface area contributed by atoms with Gasteiger partial charge in [-0.2, -0.15) is 5.26 Å². The summed E-state index contributed by atoms with van der Waals surface area (Å²) in [6.07, 6.45) is 10.8. The Morgan fingerprint density at radius 1 is 1.77 bits per heavy atom. The van der Waals surface area contributed by atoms with Gasteiger partial charge in [0.1, 0.15) is 0 Å². The monoisotopic (exact) mass is 174 g/mol. The van der Waals surface area contributed by atoms with Gasteiger partial charge in [0.2, 0.25) is 0 Å². The molecule has 1 aliphatic rings. The molecule has 1 atom stereocenters. The highest BCUT2D eigenvalue weighted by Crippen LogP contribution is 2.16. The average molecular weight is 174 g/mol. The van der Waals surface area contributed by atoms with Crippen molar-refractivity contribution < 1.29 is 0 Å². The summed E-state index contributed by atoms with van der Waals surface area (Å²) in [5.41, 5.74) is 1.15. The van der Waals surface area contributed by atoms with Crippen LogP contribution in [0.3, 0.4) is 0 Å². The van der Waals surface area contributed by atoms with E-state index in [0.29, 0.717) is 5.92 Å². The molecule has 0 aliphatic heterocycles. The van der Waals surface area contributed by atoms with E-state index in [2.05, 4.69) is 30.5 Å². The quantitative estimate of drug-likeness (QED) is 0.665. The third-order valence-corrected chi connectivity index (χ3v) is 1.90. The first-order valence-electron chi connectivity index (χ1n) is 4.55. The van der Waals surface area contributed by atoms with Crippen molar-refractivity contribution in [3.05, 3.63) is 36.1 Å². The topological polar surface area (TPSA) is 35.8 Å². The highest BCUT2D eigenvalue weighted by molar-refractivity contribution is 5.25. The van der Waals surface area contributed by atoms with Gasteiger partial charge in [0.05, 0.1) is 6.07 Å². The van der Waals surface area contributed by atoms with E-state index in [-0.39, 0.29) is 0 Å². The molecule has 0 heterocycles. The molecule has 0 fully saturated rings. The van der Waals surface area contributed by atoms with Gasteiger partial charge in [0.15, 0.2) is 0 Å². The highest BCUT2D eigenvalue weighted by atomic mass is 14.9. The molecule has 1 rings (SSSR count). The summed E-state index contributed by atoms with van der Waals surface area (Å²) in [5, 5.41) is 11.6. The molecule has 0 spiro atoms. The Labute approximate surface area is 79.3 Å². The van der Waals surface area contributed by atoms with E-state index < -0.39 is 0 Å². The number of nitriles is 1. The first-order valence-corrected chi connectivity index (χ1v) is 4.55. The molecule has 0 aromatic carbocycles. The molecule has 0 saturated heterocycles. The summed E-state index contributed by atoms with van der Waals surface area (Å²) in [4.78, 5) is 0. The normalized spacial score (nSPS) is 21.2. The Hall–Kier alpha value is -1.49. The number of nitrogens with zero attached hydrogens (tertiary/aromatic N) is 1. The second kappa shape index (κ2) is 5.21. The number of hydrogen-bond acceptors (Lipinski definition) is 2. The van der Waals surface area contributed by atoms with Gasteiger partial charge in [0, 0.05) is 24.2 Å². The molecule has 1 unspecified atom stereocenters. The molecular weight excluding hydrogens is 160 g/mol. The maximum absolute atomic E-state index is 8.38. The minimum atomic E-state index is 0.374. The van der Waals surface area contributed by atoms with Crippen LogP contribution < -0.4 is 5.32 Å². The third kappa shape index (κ3) is 3.16. The van der Waals surface area contributed by atoms with Crippen LogP contribution in [0.25, 0.3) is 0 Å². The van der Waals surface area contributed by atoms with E-state index in [1.165, 1.54) is 0 Å². The van der Waals surface area contributed by atoms with Gasteiger partial charge >= 0.3 is 0 Å². The van der Waals surface area contributed by atoms with Crippen molar-refractivity contribution >= 4 is 0 Å². The largest absolute Gasteiger partial charge is 0.386 e. The lowest BCUT2D eigenvalue weighted by atomic mass is 9.99. The number of allylic oxidation sites excluding steroid dienone is 5. The predicted molar refractivity (Wildman–Crippen MR) is 53.8 cm³/mol. The Kier molecular flexibility index (Phi) is 3.84. The Bertz CT molecular complexity index is 279. The SMILES string of the molecule is CCNC1=CC(C=CC#N)CC=C1. The molecule has 0 amide bonds. The molecule has 0 saturated carbocycles. The van der Waals surface area contributed by atoms with Gasteiger partial charge in [-0.1, -0.05) is 18.2 Å². The lowest BCUT2D eigenvalue weighted by Gasteiger charge is -2.13. The van der Waals surface area contributed by atoms with Crippen LogP contribution in [0, 0.1) is 17.2 Å². The van der Waals surface area contributed by atoms with E-state index in [0.717, 1.165) is 18.7 Å². The predicted octanol–water partition coefficient (Wildman–Crippen LogP) is 2.14. The maximum atomic E-state index is 8.38. The molecule has 0 bridgehead atoms. The minimum absolute atomic E-state index is 0.374. The first kappa shape index (κ1) is 9.60. The minimum Gasteiger partial charge on any atom is -0.386 e. The van der Waals surface area contributed by atoms with E-state index in [1.54, 1.807) is 6.08 Å². The van der Waals surface area contributed by atoms with E-state index in [4.69, 9.17) is 5.26 Å². The molecule has 1 aliphatic carbocycles. The Balaban J connectivity index is 2.57. The molecule has 0 aromatic rings. The van der Waals surface area contributed by atoms with Crippen molar-refractivity contribution in [1.82, 2.24) is 5.32 Å². The Morgan fingerprint density at radius 3 is 3.31 bits per heavy atom. The molecule has 1 N–H and O–H groups in total. The second-order valence-electron chi connectivity index (χ2n) is 2.94. The van der Waals surface area contributed by atoms with Crippen LogP contribution in [0.15, 0.2) is 36.1 Å². The van der Waals surface area contributed by atoms with Crippen molar-refractivity contribution in [1.29, 1.82) is 5.26 Å². The third-order valence-electron chi connectivity index (χ3n) is 1.90. The van der Waals surface area contributed by atoms with Crippen molar-refractivity contribution in [3.8, 4) is 6.07 Å². The molecule has 68 valence electrons. The fourth-order valence-electron chi connectivity index (χ4n) is 1.33. The number of hydrogen-bond donors (Lipinski definition) is 1. The van der Waals surface area contributed by atoms with Gasteiger partial charge in [0.25, 0.3) is 0 Å². The summed E-state index contributed by atoms with van der Waals surface area (Å²) in [6.45, 7) is 3.01. The zero-order chi connectivity index (χ0) is 9.52. The van der Waals surface area contributed by atoms with Crippen LogP contribution >= 0.6 is 0 Å². The molecule has 13 heavy (non-hydrogen) atoms. The van der Waals surface area contributed by atoms with Crippen LogP contribution in [0.1, 0.15) is 13.3 Å². The highest BCUT2D eigenvalue weighted by Gasteiger charge is 2.04. The number of rotatable bonds is 3. The van der Waals surface area contributed by atoms with Crippen LogP contribution in [0.2, 0.25) is 0 Å². The molecular formula is C11H14N2.